The van der Waals surface area contributed by atoms with Gasteiger partial charge in [-0.05, 0) is 68.2 Å². The van der Waals surface area contributed by atoms with Gasteiger partial charge in [-0.15, -0.1) is 0 Å². The van der Waals surface area contributed by atoms with Crippen LogP contribution in [-0.4, -0.2) is 41.7 Å². The van der Waals surface area contributed by atoms with Crippen LogP contribution in [0.3, 0.4) is 0 Å². The molecule has 1 saturated heterocycles. The molecule has 0 atom stereocenters. The fourth-order valence-electron chi connectivity index (χ4n) is 3.49. The Morgan fingerprint density at radius 1 is 1.17 bits per heavy atom. The molecule has 1 heterocycles. The molecule has 3 rings (SSSR count). The summed E-state index contributed by atoms with van der Waals surface area (Å²) in [6.45, 7) is 1.96. The van der Waals surface area contributed by atoms with Crippen LogP contribution >= 0.6 is 0 Å². The summed E-state index contributed by atoms with van der Waals surface area (Å²) in [6, 6.07) is 6.41. The average Bonchev–Trinajstić information content (AvgIpc) is 2.59. The van der Waals surface area contributed by atoms with Gasteiger partial charge in [0, 0.05) is 19.5 Å². The first-order valence-electron chi connectivity index (χ1n) is 8.93. The molecule has 1 amide bonds. The van der Waals surface area contributed by atoms with Gasteiger partial charge < -0.3 is 14.7 Å². The van der Waals surface area contributed by atoms with Gasteiger partial charge in [0.05, 0.1) is 12.7 Å². The molecule has 0 bridgehead atoms. The number of fused-ring (bicyclic) bond motifs is 1. The number of aliphatic hydroxyl groups is 1. The van der Waals surface area contributed by atoms with Crippen molar-refractivity contribution < 1.29 is 14.6 Å². The molecule has 1 aromatic rings. The fourth-order valence-corrected chi connectivity index (χ4v) is 3.49. The van der Waals surface area contributed by atoms with Gasteiger partial charge in [0.1, 0.15) is 5.75 Å². The van der Waals surface area contributed by atoms with Crippen LogP contribution in [-0.2, 0) is 17.6 Å². The SMILES string of the molecule is O=C(CCCOc1ccc2c(c1)CCCC2)N1CCC(O)CC1. The number of carbonyl (C=O) groups is 1. The standard InChI is InChI=1S/C19H27NO3/c21-17-9-11-20(12-10-17)19(22)6-3-13-23-18-8-7-15-4-1-2-5-16(15)14-18/h7-8,14,17,21H,1-6,9-13H2. The number of carbonyl (C=O) groups excluding carboxylic acids is 1. The third-order valence-corrected chi connectivity index (χ3v) is 4.94. The summed E-state index contributed by atoms with van der Waals surface area (Å²) in [5, 5.41) is 9.48. The lowest BCUT2D eigenvalue weighted by atomic mass is 9.92. The highest BCUT2D eigenvalue weighted by Crippen LogP contribution is 2.25. The summed E-state index contributed by atoms with van der Waals surface area (Å²) in [6.07, 6.45) is 7.37. The monoisotopic (exact) mass is 317 g/mol. The third kappa shape index (κ3) is 4.47. The van der Waals surface area contributed by atoms with Crippen molar-refractivity contribution in [3.05, 3.63) is 29.3 Å². The molecule has 126 valence electrons. The molecule has 4 heteroatoms. The maximum atomic E-state index is 12.1. The Bertz CT molecular complexity index is 535. The minimum absolute atomic E-state index is 0.186. The van der Waals surface area contributed by atoms with E-state index in [1.165, 1.54) is 30.4 Å². The lowest BCUT2D eigenvalue weighted by Gasteiger charge is -2.29. The molecule has 1 fully saturated rings. The zero-order valence-corrected chi connectivity index (χ0v) is 13.8. The van der Waals surface area contributed by atoms with E-state index in [1.807, 2.05) is 4.90 Å². The molecular formula is C19H27NO3. The first-order chi connectivity index (χ1) is 11.2. The van der Waals surface area contributed by atoms with Crippen LogP contribution in [0, 0.1) is 0 Å². The van der Waals surface area contributed by atoms with E-state index in [9.17, 15) is 9.90 Å². The molecule has 1 aromatic carbocycles. The second-order valence-electron chi connectivity index (χ2n) is 6.70. The number of rotatable bonds is 5. The molecule has 0 saturated carbocycles. The van der Waals surface area contributed by atoms with E-state index in [0.717, 1.165) is 18.6 Å². The number of aryl methyl sites for hydroxylation is 2. The topological polar surface area (TPSA) is 49.8 Å². The predicted molar refractivity (Wildman–Crippen MR) is 89.6 cm³/mol. The third-order valence-electron chi connectivity index (χ3n) is 4.94. The largest absolute Gasteiger partial charge is 0.494 e. The molecule has 0 spiro atoms. The highest BCUT2D eigenvalue weighted by molar-refractivity contribution is 5.76. The normalized spacial score (nSPS) is 18.6. The van der Waals surface area contributed by atoms with Crippen LogP contribution in [0.2, 0.25) is 0 Å². The van der Waals surface area contributed by atoms with Gasteiger partial charge in [-0.25, -0.2) is 0 Å². The predicted octanol–water partition coefficient (Wildman–Crippen LogP) is 2.71. The molecule has 1 N–H and O–H groups in total. The van der Waals surface area contributed by atoms with E-state index < -0.39 is 0 Å². The number of nitrogens with zero attached hydrogens (tertiary/aromatic N) is 1. The van der Waals surface area contributed by atoms with E-state index in [-0.39, 0.29) is 12.0 Å². The Morgan fingerprint density at radius 2 is 1.91 bits per heavy atom. The highest BCUT2D eigenvalue weighted by Gasteiger charge is 2.20. The lowest BCUT2D eigenvalue weighted by molar-refractivity contribution is -0.133. The summed E-state index contributed by atoms with van der Waals surface area (Å²) in [7, 11) is 0. The number of ether oxygens (including phenoxy) is 1. The smallest absolute Gasteiger partial charge is 0.222 e. The molecule has 1 aliphatic carbocycles. The number of aliphatic hydroxyl groups excluding tert-OH is 1. The molecule has 23 heavy (non-hydrogen) atoms. The highest BCUT2D eigenvalue weighted by atomic mass is 16.5. The Morgan fingerprint density at radius 3 is 2.70 bits per heavy atom. The molecule has 4 nitrogen and oxygen atoms in total. The number of hydrogen-bond acceptors (Lipinski definition) is 3. The molecule has 0 radical (unpaired) electrons. The summed E-state index contributed by atoms with van der Waals surface area (Å²) in [5.41, 5.74) is 2.89. The van der Waals surface area contributed by atoms with Gasteiger partial charge in [-0.3, -0.25) is 4.79 Å². The van der Waals surface area contributed by atoms with Crippen molar-refractivity contribution in [1.82, 2.24) is 4.90 Å². The lowest BCUT2D eigenvalue weighted by Crippen LogP contribution is -2.40. The van der Waals surface area contributed by atoms with Gasteiger partial charge in [-0.2, -0.15) is 0 Å². The first-order valence-corrected chi connectivity index (χ1v) is 8.93. The van der Waals surface area contributed by atoms with E-state index in [0.29, 0.717) is 39.0 Å². The fraction of sp³-hybridized carbons (Fsp3) is 0.632. The summed E-state index contributed by atoms with van der Waals surface area (Å²) in [5.74, 6) is 1.12. The van der Waals surface area contributed by atoms with Crippen molar-refractivity contribution in [3.63, 3.8) is 0 Å². The molecule has 0 aromatic heterocycles. The number of benzene rings is 1. The maximum Gasteiger partial charge on any atom is 0.222 e. The Hall–Kier alpha value is -1.55. The van der Waals surface area contributed by atoms with Crippen LogP contribution < -0.4 is 4.74 Å². The molecular weight excluding hydrogens is 290 g/mol. The van der Waals surface area contributed by atoms with E-state index in [2.05, 4.69) is 18.2 Å². The second-order valence-corrected chi connectivity index (χ2v) is 6.70. The zero-order valence-electron chi connectivity index (χ0n) is 13.8. The molecule has 2 aliphatic rings. The second kappa shape index (κ2) is 7.82. The van der Waals surface area contributed by atoms with Crippen LogP contribution in [0.1, 0.15) is 49.7 Å². The maximum absolute atomic E-state index is 12.1. The summed E-state index contributed by atoms with van der Waals surface area (Å²) >= 11 is 0. The minimum Gasteiger partial charge on any atom is -0.494 e. The zero-order chi connectivity index (χ0) is 16.1. The van der Waals surface area contributed by atoms with E-state index >= 15 is 0 Å². The van der Waals surface area contributed by atoms with E-state index in [1.54, 1.807) is 0 Å². The van der Waals surface area contributed by atoms with Crippen molar-refractivity contribution in [2.45, 2.75) is 57.5 Å². The van der Waals surface area contributed by atoms with E-state index in [4.69, 9.17) is 4.74 Å². The Labute approximate surface area is 138 Å². The average molecular weight is 317 g/mol. The number of hydrogen-bond donors (Lipinski definition) is 1. The Balaban J connectivity index is 1.39. The number of piperidine rings is 1. The van der Waals surface area contributed by atoms with Gasteiger partial charge in [-0.1, -0.05) is 6.07 Å². The van der Waals surface area contributed by atoms with Crippen molar-refractivity contribution in [1.29, 1.82) is 0 Å². The van der Waals surface area contributed by atoms with Crippen LogP contribution in [0.5, 0.6) is 5.75 Å². The van der Waals surface area contributed by atoms with Gasteiger partial charge in [0.2, 0.25) is 5.91 Å². The number of likely N-dealkylation sites (tertiary alicyclic amines) is 1. The van der Waals surface area contributed by atoms with Gasteiger partial charge >= 0.3 is 0 Å². The van der Waals surface area contributed by atoms with Gasteiger partial charge in [0.15, 0.2) is 0 Å². The first kappa shape index (κ1) is 16.3. The summed E-state index contributed by atoms with van der Waals surface area (Å²) < 4.78 is 5.82. The van der Waals surface area contributed by atoms with Crippen molar-refractivity contribution in [3.8, 4) is 5.75 Å². The van der Waals surface area contributed by atoms with Crippen molar-refractivity contribution in [2.24, 2.45) is 0 Å². The quantitative estimate of drug-likeness (QED) is 0.850. The van der Waals surface area contributed by atoms with Crippen molar-refractivity contribution >= 4 is 5.91 Å². The number of amides is 1. The van der Waals surface area contributed by atoms with Crippen LogP contribution in [0.25, 0.3) is 0 Å². The van der Waals surface area contributed by atoms with Crippen LogP contribution in [0.4, 0.5) is 0 Å². The minimum atomic E-state index is -0.230. The Kier molecular flexibility index (Phi) is 5.55. The van der Waals surface area contributed by atoms with Gasteiger partial charge in [0.25, 0.3) is 0 Å². The van der Waals surface area contributed by atoms with Crippen molar-refractivity contribution in [2.75, 3.05) is 19.7 Å². The van der Waals surface area contributed by atoms with Crippen LogP contribution in [0.15, 0.2) is 18.2 Å². The summed E-state index contributed by atoms with van der Waals surface area (Å²) in [4.78, 5) is 14.0. The molecule has 1 aliphatic heterocycles. The molecule has 0 unspecified atom stereocenters.